The molecule has 1 aromatic carbocycles. The van der Waals surface area contributed by atoms with Crippen molar-refractivity contribution in [3.05, 3.63) is 40.6 Å². The number of carbonyl (C=O) groups is 1. The van der Waals surface area contributed by atoms with Gasteiger partial charge in [-0.1, -0.05) is 23.2 Å². The summed E-state index contributed by atoms with van der Waals surface area (Å²) >= 11 is 11.8. The maximum absolute atomic E-state index is 12.0. The number of nitrogens with one attached hydrogen (secondary N) is 2. The molecule has 6 nitrogen and oxygen atoms in total. The molecule has 1 fully saturated rings. The topological polar surface area (TPSA) is 68.2 Å². The van der Waals surface area contributed by atoms with Crippen LogP contribution in [0.1, 0.15) is 18.9 Å². The van der Waals surface area contributed by atoms with Gasteiger partial charge in [-0.05, 0) is 31.0 Å². The lowest BCUT2D eigenvalue weighted by Gasteiger charge is -2.22. The summed E-state index contributed by atoms with van der Waals surface area (Å²) in [6, 6.07) is 4.85. The first-order valence-electron chi connectivity index (χ1n) is 7.27. The molecule has 0 saturated carbocycles. The molecule has 1 saturated heterocycles. The molecule has 0 atom stereocenters. The van der Waals surface area contributed by atoms with Gasteiger partial charge in [0, 0.05) is 25.1 Å². The van der Waals surface area contributed by atoms with E-state index >= 15 is 0 Å². The number of aromatic nitrogens is 2. The van der Waals surface area contributed by atoms with Crippen LogP contribution in [0.5, 0.6) is 0 Å². The molecule has 1 aliphatic heterocycles. The van der Waals surface area contributed by atoms with Crippen LogP contribution >= 0.6 is 23.2 Å². The van der Waals surface area contributed by atoms with E-state index in [1.54, 1.807) is 24.4 Å². The van der Waals surface area contributed by atoms with Crippen LogP contribution in [0.15, 0.2) is 30.6 Å². The summed E-state index contributed by atoms with van der Waals surface area (Å²) in [5, 5.41) is 10.6. The summed E-state index contributed by atoms with van der Waals surface area (Å²) in [5.41, 5.74) is 1.20. The zero-order chi connectivity index (χ0) is 16.2. The van der Waals surface area contributed by atoms with Gasteiger partial charge in [0.25, 0.3) is 0 Å². The SMILES string of the molecule is O=C(Nc1ccc(Cl)c(Cl)c1)Nc1cnn(C2CCOCC2)c1. The van der Waals surface area contributed by atoms with Gasteiger partial charge >= 0.3 is 6.03 Å². The van der Waals surface area contributed by atoms with Crippen LogP contribution in [-0.2, 0) is 4.74 Å². The maximum atomic E-state index is 12.0. The Kier molecular flexibility index (Phi) is 5.05. The van der Waals surface area contributed by atoms with E-state index in [9.17, 15) is 4.79 Å². The first-order chi connectivity index (χ1) is 11.1. The highest BCUT2D eigenvalue weighted by Crippen LogP contribution is 2.25. The van der Waals surface area contributed by atoms with Crippen LogP contribution in [0.4, 0.5) is 16.2 Å². The van der Waals surface area contributed by atoms with Gasteiger partial charge in [0.2, 0.25) is 0 Å². The molecule has 1 aromatic heterocycles. The minimum absolute atomic E-state index is 0.317. The number of urea groups is 1. The van der Waals surface area contributed by atoms with Crippen LogP contribution < -0.4 is 10.6 Å². The van der Waals surface area contributed by atoms with E-state index in [1.807, 2.05) is 10.9 Å². The van der Waals surface area contributed by atoms with Gasteiger partial charge in [-0.25, -0.2) is 4.79 Å². The molecular formula is C15H16Cl2N4O2. The third kappa shape index (κ3) is 4.16. The smallest absolute Gasteiger partial charge is 0.323 e. The highest BCUT2D eigenvalue weighted by Gasteiger charge is 2.16. The van der Waals surface area contributed by atoms with Crippen LogP contribution in [0, 0.1) is 0 Å². The Morgan fingerprint density at radius 1 is 1.17 bits per heavy atom. The molecule has 122 valence electrons. The molecule has 0 radical (unpaired) electrons. The molecule has 2 N–H and O–H groups in total. The monoisotopic (exact) mass is 354 g/mol. The Hall–Kier alpha value is -1.76. The van der Waals surface area contributed by atoms with Gasteiger partial charge in [0.1, 0.15) is 0 Å². The van der Waals surface area contributed by atoms with Crippen LogP contribution in [0.2, 0.25) is 10.0 Å². The molecule has 8 heteroatoms. The minimum Gasteiger partial charge on any atom is -0.381 e. The zero-order valence-electron chi connectivity index (χ0n) is 12.3. The van der Waals surface area contributed by atoms with E-state index in [-0.39, 0.29) is 6.03 Å². The number of carbonyl (C=O) groups excluding carboxylic acids is 1. The molecule has 2 amide bonds. The third-order valence-electron chi connectivity index (χ3n) is 3.60. The highest BCUT2D eigenvalue weighted by atomic mass is 35.5. The molecule has 0 spiro atoms. The number of ether oxygens (including phenoxy) is 1. The van der Waals surface area contributed by atoms with Crippen LogP contribution in [0.3, 0.4) is 0 Å². The highest BCUT2D eigenvalue weighted by molar-refractivity contribution is 6.42. The van der Waals surface area contributed by atoms with Crippen molar-refractivity contribution in [1.29, 1.82) is 0 Å². The molecule has 2 aromatic rings. The summed E-state index contributed by atoms with van der Waals surface area (Å²) in [6.45, 7) is 1.48. The van der Waals surface area contributed by atoms with E-state index < -0.39 is 0 Å². The Morgan fingerprint density at radius 2 is 1.91 bits per heavy atom. The van der Waals surface area contributed by atoms with Crippen molar-refractivity contribution in [3.63, 3.8) is 0 Å². The molecule has 23 heavy (non-hydrogen) atoms. The summed E-state index contributed by atoms with van der Waals surface area (Å²) < 4.78 is 7.21. The minimum atomic E-state index is -0.366. The predicted octanol–water partition coefficient (Wildman–Crippen LogP) is 4.19. The lowest BCUT2D eigenvalue weighted by atomic mass is 10.1. The first-order valence-corrected chi connectivity index (χ1v) is 8.02. The Morgan fingerprint density at radius 3 is 2.65 bits per heavy atom. The van der Waals surface area contributed by atoms with Gasteiger partial charge in [-0.3, -0.25) is 4.68 Å². The van der Waals surface area contributed by atoms with Crippen molar-refractivity contribution >= 4 is 40.6 Å². The summed E-state index contributed by atoms with van der Waals surface area (Å²) in [4.78, 5) is 12.0. The van der Waals surface area contributed by atoms with Crippen molar-refractivity contribution in [2.75, 3.05) is 23.8 Å². The van der Waals surface area contributed by atoms with E-state index in [0.717, 1.165) is 26.1 Å². The van der Waals surface area contributed by atoms with Gasteiger partial charge in [-0.15, -0.1) is 0 Å². The Labute approximate surface area is 143 Å². The zero-order valence-corrected chi connectivity index (χ0v) is 13.8. The molecule has 0 aliphatic carbocycles. The number of rotatable bonds is 3. The normalized spacial score (nSPS) is 15.4. The fourth-order valence-corrected chi connectivity index (χ4v) is 2.72. The molecule has 3 rings (SSSR count). The second-order valence-electron chi connectivity index (χ2n) is 5.26. The molecular weight excluding hydrogens is 339 g/mol. The molecule has 0 unspecified atom stereocenters. The van der Waals surface area contributed by atoms with Crippen LogP contribution in [0.25, 0.3) is 0 Å². The lowest BCUT2D eigenvalue weighted by Crippen LogP contribution is -2.20. The number of halogens is 2. The van der Waals surface area contributed by atoms with Crippen molar-refractivity contribution in [2.24, 2.45) is 0 Å². The molecule has 0 bridgehead atoms. The standard InChI is InChI=1S/C15H16Cl2N4O2/c16-13-2-1-10(7-14(13)17)19-15(22)20-11-8-18-21(9-11)12-3-5-23-6-4-12/h1-2,7-9,12H,3-6H2,(H2,19,20,22). The van der Waals surface area contributed by atoms with Gasteiger partial charge in [-0.2, -0.15) is 5.10 Å². The van der Waals surface area contributed by atoms with E-state index in [1.165, 1.54) is 0 Å². The fourth-order valence-electron chi connectivity index (χ4n) is 2.42. The van der Waals surface area contributed by atoms with E-state index in [0.29, 0.717) is 27.5 Å². The molecule has 1 aliphatic rings. The lowest BCUT2D eigenvalue weighted by molar-refractivity contribution is 0.0662. The number of anilines is 2. The molecule has 2 heterocycles. The first kappa shape index (κ1) is 16.1. The second-order valence-corrected chi connectivity index (χ2v) is 6.07. The van der Waals surface area contributed by atoms with E-state index in [2.05, 4.69) is 15.7 Å². The third-order valence-corrected chi connectivity index (χ3v) is 4.34. The summed E-state index contributed by atoms with van der Waals surface area (Å²) in [7, 11) is 0. The van der Waals surface area contributed by atoms with Crippen molar-refractivity contribution < 1.29 is 9.53 Å². The average Bonchev–Trinajstić information content (AvgIpc) is 3.00. The van der Waals surface area contributed by atoms with Crippen molar-refractivity contribution in [2.45, 2.75) is 18.9 Å². The number of nitrogens with zero attached hydrogens (tertiary/aromatic N) is 2. The van der Waals surface area contributed by atoms with Crippen molar-refractivity contribution in [3.8, 4) is 0 Å². The predicted molar refractivity (Wildman–Crippen MR) is 90.4 cm³/mol. The Bertz CT molecular complexity index is 699. The quantitative estimate of drug-likeness (QED) is 0.868. The summed E-state index contributed by atoms with van der Waals surface area (Å²) in [5.74, 6) is 0. The van der Waals surface area contributed by atoms with E-state index in [4.69, 9.17) is 27.9 Å². The Balaban J connectivity index is 1.59. The van der Waals surface area contributed by atoms with Gasteiger partial charge < -0.3 is 15.4 Å². The number of amides is 2. The number of benzene rings is 1. The number of hydrogen-bond donors (Lipinski definition) is 2. The van der Waals surface area contributed by atoms with Gasteiger partial charge in [0.05, 0.1) is 28.0 Å². The second kappa shape index (κ2) is 7.21. The average molecular weight is 355 g/mol. The fraction of sp³-hybridized carbons (Fsp3) is 0.333. The summed E-state index contributed by atoms with van der Waals surface area (Å²) in [6.07, 6.45) is 5.31. The largest absolute Gasteiger partial charge is 0.381 e. The van der Waals surface area contributed by atoms with Crippen LogP contribution in [-0.4, -0.2) is 29.0 Å². The number of hydrogen-bond acceptors (Lipinski definition) is 3. The van der Waals surface area contributed by atoms with Gasteiger partial charge in [0.15, 0.2) is 0 Å². The van der Waals surface area contributed by atoms with Crippen molar-refractivity contribution in [1.82, 2.24) is 9.78 Å². The maximum Gasteiger partial charge on any atom is 0.323 e.